The molecule has 2 N–H and O–H groups in total. The molecule has 6 heteroatoms. The van der Waals surface area contributed by atoms with Crippen LogP contribution in [0.15, 0.2) is 4.79 Å². The van der Waals surface area contributed by atoms with Crippen LogP contribution in [0.5, 0.6) is 0 Å². The molecule has 1 aliphatic rings. The van der Waals surface area contributed by atoms with Crippen LogP contribution in [0.3, 0.4) is 0 Å². The third-order valence-corrected chi connectivity index (χ3v) is 2.16. The molecule has 6 nitrogen and oxygen atoms in total. The van der Waals surface area contributed by atoms with Gasteiger partial charge in [0.05, 0.1) is 12.5 Å². The number of aromatic nitrogens is 3. The van der Waals surface area contributed by atoms with Gasteiger partial charge in [-0.15, -0.1) is 0 Å². The first-order chi connectivity index (χ1) is 6.66. The lowest BCUT2D eigenvalue weighted by molar-refractivity contribution is -0.137. The molecular formula is C8H11N3O3. The van der Waals surface area contributed by atoms with Crippen molar-refractivity contribution < 1.29 is 9.90 Å². The Balaban J connectivity index is 2.08. The van der Waals surface area contributed by atoms with Crippen LogP contribution in [0, 0.1) is 0 Å². The van der Waals surface area contributed by atoms with Gasteiger partial charge in [-0.25, -0.2) is 9.48 Å². The average Bonchev–Trinajstić information content (AvgIpc) is 2.88. The molecule has 1 fully saturated rings. The van der Waals surface area contributed by atoms with Gasteiger partial charge in [0.25, 0.3) is 0 Å². The Morgan fingerprint density at radius 3 is 2.93 bits per heavy atom. The van der Waals surface area contributed by atoms with Crippen LogP contribution < -0.4 is 5.69 Å². The highest BCUT2D eigenvalue weighted by Crippen LogP contribution is 2.32. The summed E-state index contributed by atoms with van der Waals surface area (Å²) in [5, 5.41) is 12.5. The molecule has 0 saturated heterocycles. The van der Waals surface area contributed by atoms with Crippen LogP contribution >= 0.6 is 0 Å². The largest absolute Gasteiger partial charge is 0.481 e. The number of nitrogens with zero attached hydrogens (tertiary/aromatic N) is 2. The molecule has 0 atom stereocenters. The number of carboxylic acid groups (broad SMARTS) is 1. The number of carbonyl (C=O) groups is 1. The standard InChI is InChI=1S/C8H11N3O3/c12-7(13)4-3-6-9-8(14)11(10-6)5-1-2-5/h5H,1-4H2,(H,12,13)(H,9,10,14). The number of carboxylic acids is 1. The lowest BCUT2D eigenvalue weighted by atomic mass is 10.3. The van der Waals surface area contributed by atoms with Gasteiger partial charge in [-0.05, 0) is 12.8 Å². The Hall–Kier alpha value is -1.59. The van der Waals surface area contributed by atoms with Crippen molar-refractivity contribution in [3.63, 3.8) is 0 Å². The fourth-order valence-corrected chi connectivity index (χ4v) is 1.29. The zero-order valence-corrected chi connectivity index (χ0v) is 7.56. The van der Waals surface area contributed by atoms with Crippen molar-refractivity contribution in [1.82, 2.24) is 14.8 Å². The number of aromatic amines is 1. The first kappa shape index (κ1) is 8.98. The maximum Gasteiger partial charge on any atom is 0.343 e. The molecule has 76 valence electrons. The van der Waals surface area contributed by atoms with Crippen LogP contribution in [0.1, 0.15) is 31.1 Å². The first-order valence-electron chi connectivity index (χ1n) is 4.56. The van der Waals surface area contributed by atoms with E-state index in [1.54, 1.807) is 0 Å². The highest BCUT2D eigenvalue weighted by Gasteiger charge is 2.26. The van der Waals surface area contributed by atoms with E-state index in [1.165, 1.54) is 4.68 Å². The zero-order valence-electron chi connectivity index (χ0n) is 7.56. The Labute approximate surface area is 79.6 Å². The quantitative estimate of drug-likeness (QED) is 0.706. The second kappa shape index (κ2) is 3.28. The van der Waals surface area contributed by atoms with Crippen LogP contribution in [0.2, 0.25) is 0 Å². The smallest absolute Gasteiger partial charge is 0.343 e. The van der Waals surface area contributed by atoms with Gasteiger partial charge < -0.3 is 5.11 Å². The molecule has 0 bridgehead atoms. The van der Waals surface area contributed by atoms with Gasteiger partial charge >= 0.3 is 11.7 Å². The van der Waals surface area contributed by atoms with Gasteiger partial charge in [-0.2, -0.15) is 5.10 Å². The Kier molecular flexibility index (Phi) is 2.11. The van der Waals surface area contributed by atoms with Crippen LogP contribution in [0.4, 0.5) is 0 Å². The van der Waals surface area contributed by atoms with E-state index in [-0.39, 0.29) is 24.6 Å². The van der Waals surface area contributed by atoms with E-state index in [9.17, 15) is 9.59 Å². The van der Waals surface area contributed by atoms with Crippen molar-refractivity contribution in [1.29, 1.82) is 0 Å². The second-order valence-electron chi connectivity index (χ2n) is 3.45. The number of hydrogen-bond donors (Lipinski definition) is 2. The predicted octanol–water partition coefficient (Wildman–Crippen LogP) is -0.0765. The number of nitrogens with one attached hydrogen (secondary N) is 1. The van der Waals surface area contributed by atoms with Crippen LogP contribution in [-0.4, -0.2) is 25.8 Å². The maximum atomic E-state index is 11.3. The topological polar surface area (TPSA) is 88.0 Å². The molecular weight excluding hydrogens is 186 g/mol. The summed E-state index contributed by atoms with van der Waals surface area (Å²) in [6.07, 6.45) is 2.26. The van der Waals surface area contributed by atoms with Crippen molar-refractivity contribution in [3.8, 4) is 0 Å². The molecule has 2 rings (SSSR count). The number of hydrogen-bond acceptors (Lipinski definition) is 3. The number of rotatable bonds is 4. The molecule has 1 aliphatic carbocycles. The van der Waals surface area contributed by atoms with Gasteiger partial charge in [0, 0.05) is 6.42 Å². The first-order valence-corrected chi connectivity index (χ1v) is 4.56. The second-order valence-corrected chi connectivity index (χ2v) is 3.45. The molecule has 0 unspecified atom stereocenters. The Bertz CT molecular complexity index is 402. The summed E-state index contributed by atoms with van der Waals surface area (Å²) in [5.74, 6) is -0.420. The third kappa shape index (κ3) is 1.84. The van der Waals surface area contributed by atoms with Gasteiger partial charge in [-0.3, -0.25) is 9.78 Å². The summed E-state index contributed by atoms with van der Waals surface area (Å²) < 4.78 is 1.41. The highest BCUT2D eigenvalue weighted by atomic mass is 16.4. The predicted molar refractivity (Wildman–Crippen MR) is 47.1 cm³/mol. The minimum Gasteiger partial charge on any atom is -0.481 e. The lowest BCUT2D eigenvalue weighted by Crippen LogP contribution is -2.16. The zero-order chi connectivity index (χ0) is 10.1. The van der Waals surface area contributed by atoms with E-state index < -0.39 is 5.97 Å². The summed E-state index contributed by atoms with van der Waals surface area (Å²) in [6, 6.07) is 0.234. The lowest BCUT2D eigenvalue weighted by Gasteiger charge is -1.92. The molecule has 0 amide bonds. The highest BCUT2D eigenvalue weighted by molar-refractivity contribution is 5.66. The van der Waals surface area contributed by atoms with E-state index >= 15 is 0 Å². The van der Waals surface area contributed by atoms with Crippen molar-refractivity contribution in [2.75, 3.05) is 0 Å². The van der Waals surface area contributed by atoms with Gasteiger partial charge in [-0.1, -0.05) is 0 Å². The molecule has 0 aliphatic heterocycles. The maximum absolute atomic E-state index is 11.3. The van der Waals surface area contributed by atoms with E-state index in [2.05, 4.69) is 10.1 Å². The SMILES string of the molecule is O=C(O)CCc1nn(C2CC2)c(=O)[nH]1. The van der Waals surface area contributed by atoms with Gasteiger partial charge in [0.15, 0.2) is 0 Å². The van der Waals surface area contributed by atoms with E-state index in [0.29, 0.717) is 5.82 Å². The third-order valence-electron chi connectivity index (χ3n) is 2.16. The Morgan fingerprint density at radius 1 is 1.64 bits per heavy atom. The van der Waals surface area contributed by atoms with Crippen LogP contribution in [0.25, 0.3) is 0 Å². The number of aliphatic carboxylic acids is 1. The molecule has 14 heavy (non-hydrogen) atoms. The van der Waals surface area contributed by atoms with Gasteiger partial charge in [0.1, 0.15) is 5.82 Å². The van der Waals surface area contributed by atoms with Gasteiger partial charge in [0.2, 0.25) is 0 Å². The number of H-pyrrole nitrogens is 1. The summed E-state index contributed by atoms with van der Waals surface area (Å²) >= 11 is 0. The molecule has 1 saturated carbocycles. The normalized spacial score (nSPS) is 15.7. The monoisotopic (exact) mass is 197 g/mol. The summed E-state index contributed by atoms with van der Waals surface area (Å²) in [6.45, 7) is 0. The fraction of sp³-hybridized carbons (Fsp3) is 0.625. The van der Waals surface area contributed by atoms with Crippen molar-refractivity contribution >= 4 is 5.97 Å². The van der Waals surface area contributed by atoms with Crippen molar-refractivity contribution in [2.24, 2.45) is 0 Å². The summed E-state index contributed by atoms with van der Waals surface area (Å²) in [7, 11) is 0. The minimum atomic E-state index is -0.883. The van der Waals surface area contributed by atoms with Crippen molar-refractivity contribution in [3.05, 3.63) is 16.3 Å². The summed E-state index contributed by atoms with van der Waals surface area (Å²) in [5.41, 5.74) is -0.229. The fourth-order valence-electron chi connectivity index (χ4n) is 1.29. The molecule has 1 heterocycles. The molecule has 0 radical (unpaired) electrons. The van der Waals surface area contributed by atoms with E-state index in [4.69, 9.17) is 5.11 Å². The molecule has 0 aromatic carbocycles. The number of aryl methyl sites for hydroxylation is 1. The molecule has 1 aromatic heterocycles. The van der Waals surface area contributed by atoms with Crippen LogP contribution in [-0.2, 0) is 11.2 Å². The molecule has 1 aromatic rings. The van der Waals surface area contributed by atoms with E-state index in [1.807, 2.05) is 0 Å². The minimum absolute atomic E-state index is 0.00236. The molecule has 0 spiro atoms. The van der Waals surface area contributed by atoms with Crippen molar-refractivity contribution in [2.45, 2.75) is 31.7 Å². The van der Waals surface area contributed by atoms with E-state index in [0.717, 1.165) is 12.8 Å². The Morgan fingerprint density at radius 2 is 2.36 bits per heavy atom. The summed E-state index contributed by atoms with van der Waals surface area (Å²) in [4.78, 5) is 24.1. The average molecular weight is 197 g/mol.